The van der Waals surface area contributed by atoms with Crippen LogP contribution in [0.2, 0.25) is 0 Å². The molecule has 1 aliphatic heterocycles. The molecule has 0 bridgehead atoms. The third-order valence-corrected chi connectivity index (χ3v) is 4.97. The number of benzene rings is 1. The van der Waals surface area contributed by atoms with Crippen LogP contribution >= 0.6 is 0 Å². The van der Waals surface area contributed by atoms with Gasteiger partial charge in [-0.25, -0.2) is 4.39 Å². The molecule has 23 heavy (non-hydrogen) atoms. The Morgan fingerprint density at radius 2 is 2.09 bits per heavy atom. The molecule has 4 nitrogen and oxygen atoms in total. The predicted molar refractivity (Wildman–Crippen MR) is 82.8 cm³/mol. The van der Waals surface area contributed by atoms with Crippen LogP contribution in [0.5, 0.6) is 0 Å². The van der Waals surface area contributed by atoms with Crippen LogP contribution in [0.25, 0.3) is 0 Å². The second kappa shape index (κ2) is 5.80. The van der Waals surface area contributed by atoms with E-state index in [-0.39, 0.29) is 17.6 Å². The molecule has 1 fully saturated rings. The third-order valence-electron chi connectivity index (χ3n) is 4.97. The van der Waals surface area contributed by atoms with Crippen molar-refractivity contribution in [3.05, 3.63) is 52.7 Å². The lowest BCUT2D eigenvalue weighted by atomic mass is 9.96. The summed E-state index contributed by atoms with van der Waals surface area (Å²) in [7, 11) is 0. The van der Waals surface area contributed by atoms with Gasteiger partial charge in [-0.15, -0.1) is 0 Å². The van der Waals surface area contributed by atoms with Crippen molar-refractivity contribution >= 4 is 5.91 Å². The minimum Gasteiger partial charge on any atom is -0.350 e. The Labute approximate surface area is 134 Å². The van der Waals surface area contributed by atoms with Crippen molar-refractivity contribution in [2.24, 2.45) is 0 Å². The number of fused-ring (bicyclic) bond motifs is 1. The van der Waals surface area contributed by atoms with Gasteiger partial charge in [0.05, 0.1) is 5.69 Å². The zero-order chi connectivity index (χ0) is 15.8. The van der Waals surface area contributed by atoms with Crippen molar-refractivity contribution in [3.63, 3.8) is 0 Å². The Morgan fingerprint density at radius 3 is 2.96 bits per heavy atom. The number of likely N-dealkylation sites (tertiary alicyclic amines) is 1. The highest BCUT2D eigenvalue weighted by atomic mass is 19.1. The van der Waals surface area contributed by atoms with Crippen LogP contribution in [0, 0.1) is 5.82 Å². The maximum atomic E-state index is 13.9. The first-order valence-electron chi connectivity index (χ1n) is 8.25. The van der Waals surface area contributed by atoms with Gasteiger partial charge in [0.25, 0.3) is 5.91 Å². The number of rotatable bonds is 2. The molecule has 0 spiro atoms. The molecule has 2 aliphatic rings. The number of aryl methyl sites for hydroxylation is 1. The molecule has 1 saturated heterocycles. The molecule has 120 valence electrons. The molecule has 0 radical (unpaired) electrons. The Hall–Kier alpha value is -2.17. The summed E-state index contributed by atoms with van der Waals surface area (Å²) >= 11 is 0. The minimum atomic E-state index is -0.191. The largest absolute Gasteiger partial charge is 0.350 e. The molecule has 4 rings (SSSR count). The number of carbonyl (C=O) groups is 1. The summed E-state index contributed by atoms with van der Waals surface area (Å²) in [6.45, 7) is 1.17. The van der Waals surface area contributed by atoms with Gasteiger partial charge in [0.2, 0.25) is 5.76 Å². The van der Waals surface area contributed by atoms with E-state index in [2.05, 4.69) is 5.16 Å². The van der Waals surface area contributed by atoms with Gasteiger partial charge in [-0.2, -0.15) is 0 Å². The summed E-state index contributed by atoms with van der Waals surface area (Å²) < 4.78 is 19.3. The number of hydrogen-bond donors (Lipinski definition) is 0. The number of halogens is 1. The summed E-state index contributed by atoms with van der Waals surface area (Å²) in [4.78, 5) is 14.5. The highest BCUT2D eigenvalue weighted by molar-refractivity contribution is 5.93. The summed E-state index contributed by atoms with van der Waals surface area (Å²) in [5.74, 6) is 0.163. The van der Waals surface area contributed by atoms with E-state index in [1.165, 1.54) is 6.07 Å². The van der Waals surface area contributed by atoms with Gasteiger partial charge in [-0.1, -0.05) is 23.4 Å². The van der Waals surface area contributed by atoms with E-state index < -0.39 is 0 Å². The summed E-state index contributed by atoms with van der Waals surface area (Å²) in [6.07, 6.45) is 4.72. The molecular weight excluding hydrogens is 295 g/mol. The molecule has 0 N–H and O–H groups in total. The normalized spacial score (nSPS) is 20.6. The van der Waals surface area contributed by atoms with E-state index in [1.807, 2.05) is 12.1 Å². The fourth-order valence-electron chi connectivity index (χ4n) is 3.71. The van der Waals surface area contributed by atoms with E-state index >= 15 is 0 Å². The maximum absolute atomic E-state index is 13.9. The number of aromatic nitrogens is 1. The number of nitrogens with zero attached hydrogens (tertiary/aromatic N) is 2. The quantitative estimate of drug-likeness (QED) is 0.854. The molecular formula is C18H19FN2O2. The molecule has 1 aromatic heterocycles. The van der Waals surface area contributed by atoms with Crippen LogP contribution in [0.4, 0.5) is 4.39 Å². The zero-order valence-electron chi connectivity index (χ0n) is 12.9. The topological polar surface area (TPSA) is 46.3 Å². The van der Waals surface area contributed by atoms with E-state index in [0.717, 1.165) is 43.4 Å². The van der Waals surface area contributed by atoms with Crippen molar-refractivity contribution in [2.45, 2.75) is 38.0 Å². The van der Waals surface area contributed by atoms with Crippen LogP contribution in [0.3, 0.4) is 0 Å². The average molecular weight is 314 g/mol. The van der Waals surface area contributed by atoms with Crippen molar-refractivity contribution in [1.29, 1.82) is 0 Å². The first-order chi connectivity index (χ1) is 11.2. The lowest BCUT2D eigenvalue weighted by Crippen LogP contribution is -2.29. The Balaban J connectivity index is 1.53. The first-order valence-corrected chi connectivity index (χ1v) is 8.25. The van der Waals surface area contributed by atoms with Gasteiger partial charge in [-0.3, -0.25) is 4.79 Å². The molecule has 0 saturated carbocycles. The summed E-state index contributed by atoms with van der Waals surface area (Å²) in [5, 5.41) is 4.06. The SMILES string of the molecule is O=C(c1onc2c1CCCC2)N1CC[C@H](c2ccccc2F)C1. The summed E-state index contributed by atoms with van der Waals surface area (Å²) in [5.41, 5.74) is 2.61. The van der Waals surface area contributed by atoms with Crippen LogP contribution < -0.4 is 0 Å². The maximum Gasteiger partial charge on any atom is 0.292 e. The monoisotopic (exact) mass is 314 g/mol. The Bertz CT molecular complexity index is 740. The number of carbonyl (C=O) groups excluding carboxylic acids is 1. The molecule has 2 aromatic rings. The molecule has 1 aliphatic carbocycles. The van der Waals surface area contributed by atoms with Crippen LogP contribution in [0.1, 0.15) is 52.6 Å². The van der Waals surface area contributed by atoms with Crippen molar-refractivity contribution in [2.75, 3.05) is 13.1 Å². The van der Waals surface area contributed by atoms with Gasteiger partial charge in [-0.05, 0) is 43.7 Å². The standard InChI is InChI=1S/C18H19FN2O2/c19-15-7-3-1-5-13(15)12-9-10-21(11-12)18(22)17-14-6-2-4-8-16(14)20-23-17/h1,3,5,7,12H,2,4,6,8-11H2/t12-/m0/s1. The molecule has 1 aromatic carbocycles. The summed E-state index contributed by atoms with van der Waals surface area (Å²) in [6, 6.07) is 6.82. The Morgan fingerprint density at radius 1 is 1.26 bits per heavy atom. The molecule has 0 unspecified atom stereocenters. The highest BCUT2D eigenvalue weighted by Crippen LogP contribution is 2.31. The lowest BCUT2D eigenvalue weighted by molar-refractivity contribution is 0.0747. The smallest absolute Gasteiger partial charge is 0.292 e. The average Bonchev–Trinajstić information content (AvgIpc) is 3.22. The van der Waals surface area contributed by atoms with Gasteiger partial charge in [0.15, 0.2) is 0 Å². The van der Waals surface area contributed by atoms with Crippen molar-refractivity contribution in [1.82, 2.24) is 10.1 Å². The van der Waals surface area contributed by atoms with Crippen molar-refractivity contribution < 1.29 is 13.7 Å². The second-order valence-corrected chi connectivity index (χ2v) is 6.40. The predicted octanol–water partition coefficient (Wildman–Crippen LogP) is 3.32. The van der Waals surface area contributed by atoms with Gasteiger partial charge in [0.1, 0.15) is 5.82 Å². The van der Waals surface area contributed by atoms with E-state index in [9.17, 15) is 9.18 Å². The number of hydrogen-bond acceptors (Lipinski definition) is 3. The van der Waals surface area contributed by atoms with Gasteiger partial charge < -0.3 is 9.42 Å². The van der Waals surface area contributed by atoms with Crippen LogP contribution in [-0.2, 0) is 12.8 Å². The first kappa shape index (κ1) is 14.4. The van der Waals surface area contributed by atoms with Crippen molar-refractivity contribution in [3.8, 4) is 0 Å². The Kier molecular flexibility index (Phi) is 3.63. The number of amides is 1. The van der Waals surface area contributed by atoms with Crippen LogP contribution in [-0.4, -0.2) is 29.1 Å². The van der Waals surface area contributed by atoms with E-state index in [1.54, 1.807) is 11.0 Å². The van der Waals surface area contributed by atoms with Gasteiger partial charge >= 0.3 is 0 Å². The molecule has 2 heterocycles. The van der Waals surface area contributed by atoms with E-state index in [0.29, 0.717) is 24.4 Å². The van der Waals surface area contributed by atoms with E-state index in [4.69, 9.17) is 4.52 Å². The molecule has 1 atom stereocenters. The fourth-order valence-corrected chi connectivity index (χ4v) is 3.71. The molecule has 1 amide bonds. The lowest BCUT2D eigenvalue weighted by Gasteiger charge is -2.17. The second-order valence-electron chi connectivity index (χ2n) is 6.40. The fraction of sp³-hybridized carbons (Fsp3) is 0.444. The minimum absolute atomic E-state index is 0.0545. The van der Waals surface area contributed by atoms with Gasteiger partial charge in [0, 0.05) is 24.6 Å². The highest BCUT2D eigenvalue weighted by Gasteiger charge is 2.33. The molecule has 5 heteroatoms. The van der Waals surface area contributed by atoms with Crippen LogP contribution in [0.15, 0.2) is 28.8 Å². The third kappa shape index (κ3) is 2.54. The zero-order valence-corrected chi connectivity index (χ0v) is 12.9.